The Balaban J connectivity index is 2.81. The Bertz CT molecular complexity index is 500. The van der Waals surface area contributed by atoms with E-state index in [1.165, 1.54) is 12.1 Å². The van der Waals surface area contributed by atoms with Crippen LogP contribution in [0.4, 0.5) is 18.9 Å². The summed E-state index contributed by atoms with van der Waals surface area (Å²) < 4.78 is 38.9. The van der Waals surface area contributed by atoms with Gasteiger partial charge in [0.2, 0.25) is 5.91 Å². The second kappa shape index (κ2) is 8.27. The number of carbonyl (C=O) groups is 1. The van der Waals surface area contributed by atoms with Crippen molar-refractivity contribution in [2.75, 3.05) is 25.0 Å². The molecule has 3 nitrogen and oxygen atoms in total. The van der Waals surface area contributed by atoms with E-state index in [1.54, 1.807) is 4.90 Å². The van der Waals surface area contributed by atoms with E-state index in [0.717, 1.165) is 18.9 Å². The van der Waals surface area contributed by atoms with Crippen LogP contribution in [0.3, 0.4) is 0 Å². The molecule has 7 heteroatoms. The summed E-state index contributed by atoms with van der Waals surface area (Å²) in [6.45, 7) is 4.92. The first-order valence-electron chi connectivity index (χ1n) is 7.18. The van der Waals surface area contributed by atoms with E-state index >= 15 is 0 Å². The number of hydrogen-bond acceptors (Lipinski definition) is 2. The van der Waals surface area contributed by atoms with Crippen LogP contribution in [0.1, 0.15) is 32.3 Å². The van der Waals surface area contributed by atoms with Gasteiger partial charge in [-0.1, -0.05) is 25.4 Å². The molecule has 0 unspecified atom stereocenters. The monoisotopic (exact) mass is 336 g/mol. The molecule has 1 aromatic carbocycles. The van der Waals surface area contributed by atoms with E-state index in [-0.39, 0.29) is 23.2 Å². The largest absolute Gasteiger partial charge is 0.418 e. The summed E-state index contributed by atoms with van der Waals surface area (Å²) in [5.74, 6) is -0.216. The van der Waals surface area contributed by atoms with Gasteiger partial charge < -0.3 is 10.2 Å². The third-order valence-electron chi connectivity index (χ3n) is 3.06. The van der Waals surface area contributed by atoms with Crippen LogP contribution in [-0.4, -0.2) is 30.4 Å². The number of benzene rings is 1. The van der Waals surface area contributed by atoms with Gasteiger partial charge in [0.25, 0.3) is 0 Å². The quantitative estimate of drug-likeness (QED) is 0.799. The molecule has 1 rings (SSSR count). The minimum Gasteiger partial charge on any atom is -0.376 e. The highest BCUT2D eigenvalue weighted by Gasteiger charge is 2.33. The van der Waals surface area contributed by atoms with Gasteiger partial charge in [0.1, 0.15) is 0 Å². The van der Waals surface area contributed by atoms with Crippen LogP contribution in [0, 0.1) is 0 Å². The van der Waals surface area contributed by atoms with Gasteiger partial charge >= 0.3 is 6.18 Å². The number of nitrogens with zero attached hydrogens (tertiary/aromatic N) is 1. The summed E-state index contributed by atoms with van der Waals surface area (Å²) in [6.07, 6.45) is -2.91. The Hall–Kier alpha value is -1.43. The predicted octanol–water partition coefficient (Wildman–Crippen LogP) is 4.42. The van der Waals surface area contributed by atoms with E-state index in [0.29, 0.717) is 13.1 Å². The summed E-state index contributed by atoms with van der Waals surface area (Å²) in [5.41, 5.74) is -1.01. The van der Waals surface area contributed by atoms with Crippen LogP contribution in [0.25, 0.3) is 0 Å². The summed E-state index contributed by atoms with van der Waals surface area (Å²) in [4.78, 5) is 13.7. The lowest BCUT2D eigenvalue weighted by atomic mass is 10.1. The maximum atomic E-state index is 13.0. The lowest BCUT2D eigenvalue weighted by Gasteiger charge is -2.22. The van der Waals surface area contributed by atoms with Gasteiger partial charge in [0.05, 0.1) is 12.1 Å². The molecule has 1 N–H and O–H groups in total. The van der Waals surface area contributed by atoms with Gasteiger partial charge in [-0.2, -0.15) is 13.2 Å². The Labute approximate surface area is 133 Å². The Morgan fingerprint density at radius 3 is 2.32 bits per heavy atom. The minimum absolute atomic E-state index is 0.00259. The van der Waals surface area contributed by atoms with Crippen molar-refractivity contribution < 1.29 is 18.0 Å². The third kappa shape index (κ3) is 5.40. The maximum absolute atomic E-state index is 13.0. The fraction of sp³-hybridized carbons (Fsp3) is 0.533. The standard InChI is InChI=1S/C15H20ClF3N2O/c1-3-7-21(8-4-2)14(22)10-20-13-6-5-11(16)9-12(13)15(17,18)19/h5-6,9,20H,3-4,7-8,10H2,1-2H3. The van der Waals surface area contributed by atoms with Gasteiger partial charge in [-0.25, -0.2) is 0 Å². The van der Waals surface area contributed by atoms with Crippen molar-refractivity contribution in [1.29, 1.82) is 0 Å². The fourth-order valence-electron chi connectivity index (χ4n) is 2.09. The zero-order chi connectivity index (χ0) is 16.8. The number of alkyl halides is 3. The van der Waals surface area contributed by atoms with E-state index in [2.05, 4.69) is 5.32 Å². The molecule has 0 saturated carbocycles. The van der Waals surface area contributed by atoms with Crippen LogP contribution in [0.15, 0.2) is 18.2 Å². The molecule has 0 bridgehead atoms. The molecular formula is C15H20ClF3N2O. The number of amides is 1. The Kier molecular flexibility index (Phi) is 7.00. The van der Waals surface area contributed by atoms with Crippen LogP contribution >= 0.6 is 11.6 Å². The van der Waals surface area contributed by atoms with Gasteiger partial charge in [-0.3, -0.25) is 4.79 Å². The molecule has 0 aliphatic carbocycles. The Morgan fingerprint density at radius 2 is 1.82 bits per heavy atom. The molecular weight excluding hydrogens is 317 g/mol. The molecule has 0 saturated heterocycles. The molecule has 1 aromatic rings. The number of nitrogens with one attached hydrogen (secondary N) is 1. The van der Waals surface area contributed by atoms with Crippen molar-refractivity contribution in [1.82, 2.24) is 4.90 Å². The minimum atomic E-state index is -4.52. The zero-order valence-electron chi connectivity index (χ0n) is 12.6. The van der Waals surface area contributed by atoms with Crippen LogP contribution in [-0.2, 0) is 11.0 Å². The lowest BCUT2D eigenvalue weighted by molar-refractivity contribution is -0.137. The molecule has 0 fully saturated rings. The smallest absolute Gasteiger partial charge is 0.376 e. The topological polar surface area (TPSA) is 32.3 Å². The second-order valence-corrected chi connectivity index (χ2v) is 5.36. The van der Waals surface area contributed by atoms with Crippen molar-refractivity contribution >= 4 is 23.2 Å². The molecule has 0 radical (unpaired) electrons. The molecule has 22 heavy (non-hydrogen) atoms. The molecule has 0 atom stereocenters. The predicted molar refractivity (Wildman–Crippen MR) is 82.1 cm³/mol. The first-order chi connectivity index (χ1) is 10.3. The molecule has 124 valence electrons. The number of carbonyl (C=O) groups excluding carboxylic acids is 1. The van der Waals surface area contributed by atoms with Crippen molar-refractivity contribution in [2.45, 2.75) is 32.9 Å². The van der Waals surface area contributed by atoms with Gasteiger partial charge in [0.15, 0.2) is 0 Å². The van der Waals surface area contributed by atoms with Crippen molar-refractivity contribution in [3.8, 4) is 0 Å². The summed E-state index contributed by atoms with van der Waals surface area (Å²) in [5, 5.41) is 2.58. The number of hydrogen-bond donors (Lipinski definition) is 1. The number of anilines is 1. The van der Waals surface area contributed by atoms with Crippen LogP contribution in [0.2, 0.25) is 5.02 Å². The van der Waals surface area contributed by atoms with Crippen LogP contribution < -0.4 is 5.32 Å². The molecule has 0 aliphatic heterocycles. The highest BCUT2D eigenvalue weighted by atomic mass is 35.5. The lowest BCUT2D eigenvalue weighted by Crippen LogP contribution is -2.36. The van der Waals surface area contributed by atoms with Gasteiger partial charge in [-0.15, -0.1) is 0 Å². The van der Waals surface area contributed by atoms with E-state index < -0.39 is 11.7 Å². The summed E-state index contributed by atoms with van der Waals surface area (Å²) >= 11 is 5.62. The molecule has 1 amide bonds. The fourth-order valence-corrected chi connectivity index (χ4v) is 2.26. The van der Waals surface area contributed by atoms with Crippen LogP contribution in [0.5, 0.6) is 0 Å². The first kappa shape index (κ1) is 18.6. The van der Waals surface area contributed by atoms with E-state index in [4.69, 9.17) is 11.6 Å². The van der Waals surface area contributed by atoms with Crippen molar-refractivity contribution in [3.05, 3.63) is 28.8 Å². The highest BCUT2D eigenvalue weighted by molar-refractivity contribution is 6.30. The van der Waals surface area contributed by atoms with Gasteiger partial charge in [-0.05, 0) is 31.0 Å². The molecule has 0 heterocycles. The third-order valence-corrected chi connectivity index (χ3v) is 3.29. The number of rotatable bonds is 7. The Morgan fingerprint density at radius 1 is 1.23 bits per heavy atom. The first-order valence-corrected chi connectivity index (χ1v) is 7.55. The SMILES string of the molecule is CCCN(CCC)C(=O)CNc1ccc(Cl)cc1C(F)(F)F. The zero-order valence-corrected chi connectivity index (χ0v) is 13.4. The van der Waals surface area contributed by atoms with E-state index in [1.807, 2.05) is 13.8 Å². The van der Waals surface area contributed by atoms with Gasteiger partial charge in [0, 0.05) is 23.8 Å². The van der Waals surface area contributed by atoms with Crippen molar-refractivity contribution in [2.24, 2.45) is 0 Å². The molecule has 0 spiro atoms. The second-order valence-electron chi connectivity index (χ2n) is 4.92. The number of halogens is 4. The van der Waals surface area contributed by atoms with Crippen molar-refractivity contribution in [3.63, 3.8) is 0 Å². The summed E-state index contributed by atoms with van der Waals surface area (Å²) in [7, 11) is 0. The highest BCUT2D eigenvalue weighted by Crippen LogP contribution is 2.36. The molecule has 0 aromatic heterocycles. The molecule has 0 aliphatic rings. The average molecular weight is 337 g/mol. The maximum Gasteiger partial charge on any atom is 0.418 e. The van der Waals surface area contributed by atoms with E-state index in [9.17, 15) is 18.0 Å². The average Bonchev–Trinajstić information content (AvgIpc) is 2.44. The normalized spacial score (nSPS) is 11.4. The summed E-state index contributed by atoms with van der Waals surface area (Å²) in [6, 6.07) is 3.45.